The van der Waals surface area contributed by atoms with Gasteiger partial charge in [0, 0.05) is 10.0 Å². The van der Waals surface area contributed by atoms with Gasteiger partial charge in [0.1, 0.15) is 5.75 Å². The van der Waals surface area contributed by atoms with Crippen LogP contribution in [0.4, 0.5) is 5.69 Å². The van der Waals surface area contributed by atoms with Crippen molar-refractivity contribution in [3.05, 3.63) is 58.6 Å². The molecule has 1 amide bonds. The van der Waals surface area contributed by atoms with Crippen molar-refractivity contribution >= 4 is 28.0 Å². The van der Waals surface area contributed by atoms with Crippen molar-refractivity contribution in [2.75, 3.05) is 5.32 Å². The standard InChI is InChI=1S/C14H12BrNO3/c15-11-6-2-1-5-10(11)14(18)19-13-8-4-3-7-12(13)16-9-17/h1-9,14,18H,(H,16,17). The van der Waals surface area contributed by atoms with Crippen LogP contribution in [0.3, 0.4) is 0 Å². The molecule has 0 aromatic heterocycles. The Hall–Kier alpha value is -1.85. The summed E-state index contributed by atoms with van der Waals surface area (Å²) >= 11 is 3.35. The number of hydrogen-bond donors (Lipinski definition) is 2. The molecule has 2 aromatic carbocycles. The quantitative estimate of drug-likeness (QED) is 0.657. The van der Waals surface area contributed by atoms with E-state index < -0.39 is 6.29 Å². The van der Waals surface area contributed by atoms with Gasteiger partial charge in [-0.1, -0.05) is 46.3 Å². The Balaban J connectivity index is 2.22. The van der Waals surface area contributed by atoms with Crippen LogP contribution < -0.4 is 10.1 Å². The van der Waals surface area contributed by atoms with E-state index in [1.807, 2.05) is 18.2 Å². The van der Waals surface area contributed by atoms with Gasteiger partial charge in [0.25, 0.3) is 0 Å². The van der Waals surface area contributed by atoms with Crippen molar-refractivity contribution in [1.82, 2.24) is 0 Å². The molecule has 2 rings (SSSR count). The molecule has 4 nitrogen and oxygen atoms in total. The Morgan fingerprint density at radius 2 is 1.84 bits per heavy atom. The van der Waals surface area contributed by atoms with E-state index in [0.29, 0.717) is 23.4 Å². The molecule has 0 bridgehead atoms. The van der Waals surface area contributed by atoms with Crippen molar-refractivity contribution < 1.29 is 14.6 Å². The van der Waals surface area contributed by atoms with Gasteiger partial charge in [0.05, 0.1) is 5.69 Å². The minimum Gasteiger partial charge on any atom is -0.459 e. The lowest BCUT2D eigenvalue weighted by Gasteiger charge is -2.17. The molecule has 0 aliphatic carbocycles. The van der Waals surface area contributed by atoms with Crippen LogP contribution in [0.25, 0.3) is 0 Å². The molecule has 2 aromatic rings. The highest BCUT2D eigenvalue weighted by Gasteiger charge is 2.14. The number of anilines is 1. The van der Waals surface area contributed by atoms with Crippen molar-refractivity contribution in [3.8, 4) is 5.75 Å². The van der Waals surface area contributed by atoms with E-state index in [4.69, 9.17) is 4.74 Å². The van der Waals surface area contributed by atoms with Gasteiger partial charge in [-0.25, -0.2) is 0 Å². The van der Waals surface area contributed by atoms with E-state index >= 15 is 0 Å². The minimum absolute atomic E-state index is 0.401. The number of amides is 1. The van der Waals surface area contributed by atoms with Gasteiger partial charge in [0.15, 0.2) is 0 Å². The average Bonchev–Trinajstić information content (AvgIpc) is 2.41. The number of rotatable bonds is 5. The molecular formula is C14H12BrNO3. The van der Waals surface area contributed by atoms with Crippen LogP contribution in [0.15, 0.2) is 53.0 Å². The summed E-state index contributed by atoms with van der Waals surface area (Å²) in [6.45, 7) is 0. The molecule has 0 saturated heterocycles. The summed E-state index contributed by atoms with van der Waals surface area (Å²) in [5.74, 6) is 0.401. The van der Waals surface area contributed by atoms with Crippen LogP contribution in [0.1, 0.15) is 11.9 Å². The first-order valence-corrected chi connectivity index (χ1v) is 6.40. The topological polar surface area (TPSA) is 58.6 Å². The van der Waals surface area contributed by atoms with E-state index in [-0.39, 0.29) is 0 Å². The summed E-state index contributed by atoms with van der Waals surface area (Å²) in [5.41, 5.74) is 1.12. The normalized spacial score (nSPS) is 11.7. The lowest BCUT2D eigenvalue weighted by Crippen LogP contribution is -2.08. The zero-order valence-electron chi connectivity index (χ0n) is 9.92. The Morgan fingerprint density at radius 3 is 2.58 bits per heavy atom. The first kappa shape index (κ1) is 13.6. The average molecular weight is 322 g/mol. The van der Waals surface area contributed by atoms with Gasteiger partial charge in [-0.2, -0.15) is 0 Å². The summed E-state index contributed by atoms with van der Waals surface area (Å²) in [6, 6.07) is 14.1. The lowest BCUT2D eigenvalue weighted by molar-refractivity contribution is -0.105. The Bertz CT molecular complexity index is 574. The molecular weight excluding hydrogens is 310 g/mol. The van der Waals surface area contributed by atoms with Gasteiger partial charge in [-0.3, -0.25) is 4.79 Å². The fraction of sp³-hybridized carbons (Fsp3) is 0.0714. The van der Waals surface area contributed by atoms with Crippen LogP contribution in [0, 0.1) is 0 Å². The highest BCUT2D eigenvalue weighted by atomic mass is 79.9. The third-order valence-electron chi connectivity index (χ3n) is 2.51. The first-order valence-electron chi connectivity index (χ1n) is 5.60. The van der Waals surface area contributed by atoms with Gasteiger partial charge in [0.2, 0.25) is 12.7 Å². The number of aliphatic hydroxyl groups is 1. The monoisotopic (exact) mass is 321 g/mol. The summed E-state index contributed by atoms with van der Waals surface area (Å²) in [6.07, 6.45) is -0.558. The maximum absolute atomic E-state index is 10.5. The summed E-state index contributed by atoms with van der Waals surface area (Å²) in [4.78, 5) is 10.5. The predicted molar refractivity (Wildman–Crippen MR) is 75.9 cm³/mol. The van der Waals surface area contributed by atoms with E-state index in [1.165, 1.54) is 0 Å². The number of carbonyl (C=O) groups is 1. The Labute approximate surface area is 119 Å². The molecule has 0 heterocycles. The first-order chi connectivity index (χ1) is 9.22. The largest absolute Gasteiger partial charge is 0.459 e. The van der Waals surface area contributed by atoms with Gasteiger partial charge >= 0.3 is 0 Å². The molecule has 1 unspecified atom stereocenters. The molecule has 2 N–H and O–H groups in total. The number of carbonyl (C=O) groups excluding carboxylic acids is 1. The van der Waals surface area contributed by atoms with Gasteiger partial charge in [-0.15, -0.1) is 0 Å². The zero-order valence-corrected chi connectivity index (χ0v) is 11.5. The van der Waals surface area contributed by atoms with Crippen LogP contribution in [0.5, 0.6) is 5.75 Å². The number of aliphatic hydroxyl groups excluding tert-OH is 1. The molecule has 19 heavy (non-hydrogen) atoms. The smallest absolute Gasteiger partial charge is 0.225 e. The van der Waals surface area contributed by atoms with Crippen LogP contribution in [-0.4, -0.2) is 11.5 Å². The van der Waals surface area contributed by atoms with E-state index in [2.05, 4.69) is 21.2 Å². The molecule has 0 aliphatic rings. The number of benzene rings is 2. The summed E-state index contributed by atoms with van der Waals surface area (Å²) < 4.78 is 6.22. The summed E-state index contributed by atoms with van der Waals surface area (Å²) in [5, 5.41) is 12.6. The predicted octanol–water partition coefficient (Wildman–Crippen LogP) is 3.09. The van der Waals surface area contributed by atoms with Crippen LogP contribution in [0.2, 0.25) is 0 Å². The van der Waals surface area contributed by atoms with E-state index in [9.17, 15) is 9.90 Å². The third kappa shape index (κ3) is 3.33. The van der Waals surface area contributed by atoms with E-state index in [0.717, 1.165) is 4.47 Å². The highest BCUT2D eigenvalue weighted by Crippen LogP contribution is 2.30. The van der Waals surface area contributed by atoms with Crippen molar-refractivity contribution in [3.63, 3.8) is 0 Å². The SMILES string of the molecule is O=CNc1ccccc1OC(O)c1ccccc1Br. The van der Waals surface area contributed by atoms with Gasteiger partial charge in [-0.05, 0) is 18.2 Å². The zero-order chi connectivity index (χ0) is 13.7. The second kappa shape index (κ2) is 6.36. The van der Waals surface area contributed by atoms with Crippen molar-refractivity contribution in [2.24, 2.45) is 0 Å². The lowest BCUT2D eigenvalue weighted by atomic mass is 10.2. The number of hydrogen-bond acceptors (Lipinski definition) is 3. The number of ether oxygens (including phenoxy) is 1. The van der Waals surface area contributed by atoms with Crippen LogP contribution >= 0.6 is 15.9 Å². The second-order valence-electron chi connectivity index (χ2n) is 3.75. The second-order valence-corrected chi connectivity index (χ2v) is 4.60. The molecule has 0 aliphatic heterocycles. The molecule has 0 fully saturated rings. The molecule has 0 spiro atoms. The molecule has 0 saturated carbocycles. The molecule has 0 radical (unpaired) electrons. The maximum atomic E-state index is 10.5. The minimum atomic E-state index is -1.12. The summed E-state index contributed by atoms with van der Waals surface area (Å²) in [7, 11) is 0. The molecule has 5 heteroatoms. The van der Waals surface area contributed by atoms with Crippen molar-refractivity contribution in [1.29, 1.82) is 0 Å². The van der Waals surface area contributed by atoms with Crippen molar-refractivity contribution in [2.45, 2.75) is 6.29 Å². The van der Waals surface area contributed by atoms with E-state index in [1.54, 1.807) is 30.3 Å². The number of halogens is 1. The molecule has 98 valence electrons. The fourth-order valence-electron chi connectivity index (χ4n) is 1.61. The maximum Gasteiger partial charge on any atom is 0.225 e. The fourth-order valence-corrected chi connectivity index (χ4v) is 2.09. The van der Waals surface area contributed by atoms with Crippen LogP contribution in [-0.2, 0) is 4.79 Å². The number of nitrogens with one attached hydrogen (secondary N) is 1. The number of para-hydroxylation sites is 2. The Kier molecular flexibility index (Phi) is 4.54. The van der Waals surface area contributed by atoms with Gasteiger partial charge < -0.3 is 15.2 Å². The molecule has 1 atom stereocenters. The third-order valence-corrected chi connectivity index (χ3v) is 3.23. The highest BCUT2D eigenvalue weighted by molar-refractivity contribution is 9.10. The Morgan fingerprint density at radius 1 is 1.16 bits per heavy atom.